The quantitative estimate of drug-likeness (QED) is 0.531. The molecule has 1 saturated heterocycles. The van der Waals surface area contributed by atoms with Gasteiger partial charge in [0, 0.05) is 0 Å². The normalized spacial score (nSPS) is 41.1. The summed E-state index contributed by atoms with van der Waals surface area (Å²) in [6, 6.07) is 0. The van der Waals surface area contributed by atoms with Crippen molar-refractivity contribution < 1.29 is 14.3 Å². The number of hydrogen-bond acceptors (Lipinski definition) is 3. The lowest BCUT2D eigenvalue weighted by Crippen LogP contribution is -2.68. The highest BCUT2D eigenvalue weighted by atomic mass is 35.5. The van der Waals surface area contributed by atoms with Crippen LogP contribution in [0.15, 0.2) is 0 Å². The summed E-state index contributed by atoms with van der Waals surface area (Å²) >= 11 is 11.3. The van der Waals surface area contributed by atoms with Gasteiger partial charge in [-0.25, -0.2) is 0 Å². The van der Waals surface area contributed by atoms with Crippen LogP contribution in [0.4, 0.5) is 0 Å². The number of alkyl halides is 2. The van der Waals surface area contributed by atoms with E-state index in [1.165, 1.54) is 0 Å². The number of carbonyl (C=O) groups is 1. The highest BCUT2D eigenvalue weighted by molar-refractivity contribution is 6.61. The first-order valence-corrected chi connectivity index (χ1v) is 4.05. The van der Waals surface area contributed by atoms with E-state index in [2.05, 4.69) is 0 Å². The molecule has 1 heterocycles. The molecular weight excluding hydrogens is 191 g/mol. The number of carbonyl (C=O) groups excluding carboxylic acids is 1. The minimum atomic E-state index is -1.37. The van der Waals surface area contributed by atoms with Gasteiger partial charge < -0.3 is 9.47 Å². The van der Waals surface area contributed by atoms with Crippen LogP contribution in [-0.2, 0) is 14.3 Å². The molecule has 5 heteroatoms. The number of rotatable bonds is 0. The molecule has 1 aliphatic heterocycles. The van der Waals surface area contributed by atoms with Gasteiger partial charge in [-0.3, -0.25) is 4.79 Å². The third-order valence-electron chi connectivity index (χ3n) is 1.90. The molecule has 1 aliphatic carbocycles. The zero-order valence-corrected chi connectivity index (χ0v) is 7.06. The Bertz CT molecular complexity index is 204. The Morgan fingerprint density at radius 2 is 2.00 bits per heavy atom. The summed E-state index contributed by atoms with van der Waals surface area (Å²) < 4.78 is 8.86. The Morgan fingerprint density at radius 3 is 2.64 bits per heavy atom. The molecule has 0 aromatic rings. The SMILES string of the molecule is O=C1C2OCCOC2C1(Cl)Cl. The van der Waals surface area contributed by atoms with Crippen LogP contribution < -0.4 is 0 Å². The van der Waals surface area contributed by atoms with E-state index in [1.54, 1.807) is 0 Å². The van der Waals surface area contributed by atoms with Gasteiger partial charge in [0.25, 0.3) is 0 Å². The molecule has 0 N–H and O–H groups in total. The average Bonchev–Trinajstić information content (AvgIpc) is 2.04. The van der Waals surface area contributed by atoms with Crippen LogP contribution >= 0.6 is 23.2 Å². The molecule has 2 fully saturated rings. The summed E-state index contributed by atoms with van der Waals surface area (Å²) in [5, 5.41) is 0. The second-order valence-electron chi connectivity index (χ2n) is 2.57. The standard InChI is InChI=1S/C6H6Cl2O3/c7-6(8)4(9)3-5(6)11-2-1-10-3/h3,5H,1-2H2. The minimum absolute atomic E-state index is 0.287. The zero-order valence-electron chi connectivity index (χ0n) is 5.55. The molecule has 0 bridgehead atoms. The smallest absolute Gasteiger partial charge is 0.207 e. The first-order valence-electron chi connectivity index (χ1n) is 3.29. The van der Waals surface area contributed by atoms with Gasteiger partial charge in [0.15, 0.2) is 0 Å². The predicted molar refractivity (Wildman–Crippen MR) is 38.9 cm³/mol. The fourth-order valence-electron chi connectivity index (χ4n) is 1.27. The summed E-state index contributed by atoms with van der Waals surface area (Å²) in [5.41, 5.74) is 0. The number of ketones is 1. The Hall–Kier alpha value is 0.170. The van der Waals surface area contributed by atoms with E-state index in [0.717, 1.165) is 0 Å². The summed E-state index contributed by atoms with van der Waals surface area (Å²) in [5.74, 6) is -0.287. The van der Waals surface area contributed by atoms with E-state index in [9.17, 15) is 4.79 Å². The second kappa shape index (κ2) is 2.33. The number of fused-ring (bicyclic) bond motifs is 1. The van der Waals surface area contributed by atoms with Crippen LogP contribution in [0.5, 0.6) is 0 Å². The maximum atomic E-state index is 11.0. The lowest BCUT2D eigenvalue weighted by Gasteiger charge is -2.46. The van der Waals surface area contributed by atoms with Gasteiger partial charge in [-0.05, 0) is 0 Å². The Balaban J connectivity index is 2.15. The van der Waals surface area contributed by atoms with Crippen LogP contribution in [-0.4, -0.2) is 35.5 Å². The van der Waals surface area contributed by atoms with Gasteiger partial charge in [-0.2, -0.15) is 0 Å². The minimum Gasteiger partial charge on any atom is -0.369 e. The number of ether oxygens (including phenoxy) is 2. The molecule has 11 heavy (non-hydrogen) atoms. The van der Waals surface area contributed by atoms with Crippen molar-refractivity contribution in [2.24, 2.45) is 0 Å². The highest BCUT2D eigenvalue weighted by Gasteiger charge is 2.63. The van der Waals surface area contributed by atoms with E-state index < -0.39 is 16.5 Å². The molecule has 0 amide bonds. The van der Waals surface area contributed by atoms with Crippen LogP contribution in [0, 0.1) is 0 Å². The van der Waals surface area contributed by atoms with Crippen molar-refractivity contribution >= 4 is 29.0 Å². The van der Waals surface area contributed by atoms with Gasteiger partial charge in [-0.15, -0.1) is 0 Å². The van der Waals surface area contributed by atoms with Gasteiger partial charge >= 0.3 is 0 Å². The average molecular weight is 197 g/mol. The van der Waals surface area contributed by atoms with E-state index in [4.69, 9.17) is 32.7 Å². The molecule has 2 atom stereocenters. The largest absolute Gasteiger partial charge is 0.369 e. The molecule has 3 nitrogen and oxygen atoms in total. The van der Waals surface area contributed by atoms with Crippen molar-refractivity contribution in [2.75, 3.05) is 13.2 Å². The van der Waals surface area contributed by atoms with Crippen LogP contribution in [0.1, 0.15) is 0 Å². The molecule has 62 valence electrons. The summed E-state index contributed by atoms with van der Waals surface area (Å²) in [6.45, 7) is 0.895. The van der Waals surface area contributed by atoms with E-state index in [-0.39, 0.29) is 5.78 Å². The molecule has 0 radical (unpaired) electrons. The van der Waals surface area contributed by atoms with Crippen molar-refractivity contribution in [1.82, 2.24) is 0 Å². The van der Waals surface area contributed by atoms with E-state index in [0.29, 0.717) is 13.2 Å². The third kappa shape index (κ3) is 0.920. The summed E-state index contributed by atoms with van der Waals surface area (Å²) in [6.07, 6.45) is -0.995. The molecule has 0 aromatic carbocycles. The molecule has 1 saturated carbocycles. The topological polar surface area (TPSA) is 35.5 Å². The molecule has 0 spiro atoms. The second-order valence-corrected chi connectivity index (χ2v) is 3.96. The molecule has 2 rings (SSSR count). The number of halogens is 2. The molecule has 0 aromatic heterocycles. The maximum absolute atomic E-state index is 11.0. The summed E-state index contributed by atoms with van der Waals surface area (Å²) in [7, 11) is 0. The molecule has 2 aliphatic rings. The lowest BCUT2D eigenvalue weighted by molar-refractivity contribution is -0.194. The van der Waals surface area contributed by atoms with Crippen LogP contribution in [0.3, 0.4) is 0 Å². The van der Waals surface area contributed by atoms with Crippen molar-refractivity contribution in [3.63, 3.8) is 0 Å². The van der Waals surface area contributed by atoms with E-state index >= 15 is 0 Å². The molecule has 2 unspecified atom stereocenters. The van der Waals surface area contributed by atoms with Crippen LogP contribution in [0.25, 0.3) is 0 Å². The van der Waals surface area contributed by atoms with Crippen molar-refractivity contribution in [3.8, 4) is 0 Å². The monoisotopic (exact) mass is 196 g/mol. The zero-order chi connectivity index (χ0) is 8.06. The van der Waals surface area contributed by atoms with Crippen molar-refractivity contribution in [1.29, 1.82) is 0 Å². The van der Waals surface area contributed by atoms with Crippen molar-refractivity contribution in [2.45, 2.75) is 16.5 Å². The highest BCUT2D eigenvalue weighted by Crippen LogP contribution is 2.44. The number of hydrogen-bond donors (Lipinski definition) is 0. The predicted octanol–water partition coefficient (Wildman–Crippen LogP) is 0.527. The van der Waals surface area contributed by atoms with Gasteiger partial charge in [0.1, 0.15) is 12.2 Å². The van der Waals surface area contributed by atoms with Crippen LogP contribution in [0.2, 0.25) is 0 Å². The Morgan fingerprint density at radius 1 is 1.36 bits per heavy atom. The first-order chi connectivity index (χ1) is 5.14. The Kier molecular flexibility index (Phi) is 1.65. The van der Waals surface area contributed by atoms with Gasteiger partial charge in [0.05, 0.1) is 13.2 Å². The Labute approximate surface area is 73.5 Å². The number of Topliss-reactive ketones (excluding diaryl/α,β-unsaturated/α-hetero) is 1. The maximum Gasteiger partial charge on any atom is 0.207 e. The van der Waals surface area contributed by atoms with E-state index in [1.807, 2.05) is 0 Å². The molecular formula is C6H6Cl2O3. The van der Waals surface area contributed by atoms with Crippen molar-refractivity contribution in [3.05, 3.63) is 0 Å². The fraction of sp³-hybridized carbons (Fsp3) is 0.833. The van der Waals surface area contributed by atoms with Gasteiger partial charge in [-0.1, -0.05) is 23.2 Å². The fourth-order valence-corrected chi connectivity index (χ4v) is 1.84. The first kappa shape index (κ1) is 7.80. The van der Waals surface area contributed by atoms with Gasteiger partial charge in [0.2, 0.25) is 10.1 Å². The lowest BCUT2D eigenvalue weighted by atomic mass is 9.88. The third-order valence-corrected chi connectivity index (χ3v) is 2.70. The summed E-state index contributed by atoms with van der Waals surface area (Å²) in [4.78, 5) is 11.0.